The second-order valence-electron chi connectivity index (χ2n) is 2.89. The number of nitrogens with one attached hydrogen (secondary N) is 1. The van der Waals surface area contributed by atoms with Crippen molar-refractivity contribution in [2.45, 2.75) is 18.7 Å². The first kappa shape index (κ1) is 7.31. The lowest BCUT2D eigenvalue weighted by Gasteiger charge is -2.14. The fourth-order valence-corrected chi connectivity index (χ4v) is 1.07. The molecule has 1 saturated heterocycles. The van der Waals surface area contributed by atoms with Crippen molar-refractivity contribution in [3.63, 3.8) is 0 Å². The number of hydrogen-bond acceptors (Lipinski definition) is 2. The van der Waals surface area contributed by atoms with Crippen LogP contribution in [0.1, 0.15) is 13.3 Å². The van der Waals surface area contributed by atoms with Crippen molar-refractivity contribution in [1.82, 2.24) is 5.32 Å². The van der Waals surface area contributed by atoms with Crippen LogP contribution in [-0.4, -0.2) is 26.1 Å². The van der Waals surface area contributed by atoms with Gasteiger partial charge in [0.1, 0.15) is 13.6 Å². The number of hydrogen-bond donors (Lipinski definition) is 1. The molecule has 10 heavy (non-hydrogen) atoms. The number of rotatable bonds is 1. The third-order valence-electron chi connectivity index (χ3n) is 2.19. The summed E-state index contributed by atoms with van der Waals surface area (Å²) in [5.74, 6) is -0.164. The molecular formula is C6H10BNO2. The van der Waals surface area contributed by atoms with Crippen LogP contribution in [0.15, 0.2) is 0 Å². The molecule has 1 aliphatic rings. The average molecular weight is 139 g/mol. The Kier molecular flexibility index (Phi) is 1.54. The summed E-state index contributed by atoms with van der Waals surface area (Å²) >= 11 is 0. The lowest BCUT2D eigenvalue weighted by atomic mass is 9.65. The van der Waals surface area contributed by atoms with Crippen molar-refractivity contribution in [3.8, 4) is 0 Å². The van der Waals surface area contributed by atoms with E-state index in [4.69, 9.17) is 0 Å². The van der Waals surface area contributed by atoms with E-state index in [-0.39, 0.29) is 11.7 Å². The predicted molar refractivity (Wildman–Crippen MR) is 39.5 cm³/mol. The summed E-state index contributed by atoms with van der Waals surface area (Å²) in [5, 5.41) is 1.90. The minimum absolute atomic E-state index is 0.0394. The Labute approximate surface area is 60.6 Å². The molecule has 3 nitrogen and oxygen atoms in total. The predicted octanol–water partition coefficient (Wildman–Crippen LogP) is -1.11. The third-order valence-corrected chi connectivity index (χ3v) is 2.19. The Morgan fingerprint density at radius 3 is 2.60 bits per heavy atom. The van der Waals surface area contributed by atoms with Gasteiger partial charge in [-0.15, -0.1) is 0 Å². The van der Waals surface area contributed by atoms with Crippen molar-refractivity contribution < 1.29 is 9.59 Å². The van der Waals surface area contributed by atoms with Crippen LogP contribution in [0.2, 0.25) is 5.31 Å². The Balaban J connectivity index is 2.86. The molecule has 0 aliphatic carbocycles. The van der Waals surface area contributed by atoms with Gasteiger partial charge in [0, 0.05) is 6.54 Å². The van der Waals surface area contributed by atoms with Crippen molar-refractivity contribution >= 4 is 19.5 Å². The summed E-state index contributed by atoms with van der Waals surface area (Å²) in [6, 6.07) is 0. The van der Waals surface area contributed by atoms with Crippen molar-refractivity contribution in [2.75, 3.05) is 6.54 Å². The van der Waals surface area contributed by atoms with E-state index in [0.29, 0.717) is 13.0 Å². The van der Waals surface area contributed by atoms with Gasteiger partial charge >= 0.3 is 0 Å². The molecule has 1 amide bonds. The van der Waals surface area contributed by atoms with E-state index in [0.717, 1.165) is 0 Å². The van der Waals surface area contributed by atoms with Gasteiger partial charge in [-0.3, -0.25) is 9.59 Å². The monoisotopic (exact) mass is 139 g/mol. The molecule has 1 atom stereocenters. The highest BCUT2D eigenvalue weighted by Crippen LogP contribution is 2.31. The lowest BCUT2D eigenvalue weighted by Crippen LogP contribution is -2.31. The van der Waals surface area contributed by atoms with Gasteiger partial charge < -0.3 is 5.32 Å². The molecule has 0 spiro atoms. The van der Waals surface area contributed by atoms with Crippen molar-refractivity contribution in [2.24, 2.45) is 0 Å². The SMILES string of the molecule is BC1(C(C)=O)CCNC1=O. The van der Waals surface area contributed by atoms with Gasteiger partial charge in [-0.25, -0.2) is 0 Å². The maximum Gasteiger partial charge on any atom is 0.225 e. The van der Waals surface area contributed by atoms with Crippen molar-refractivity contribution in [3.05, 3.63) is 0 Å². The first-order chi connectivity index (χ1) is 4.57. The molecular weight excluding hydrogens is 129 g/mol. The maximum absolute atomic E-state index is 11.0. The van der Waals surface area contributed by atoms with Crippen LogP contribution in [0.3, 0.4) is 0 Å². The first-order valence-corrected chi connectivity index (χ1v) is 3.37. The van der Waals surface area contributed by atoms with Gasteiger partial charge in [0.15, 0.2) is 0 Å². The Bertz CT molecular complexity index is 192. The highest BCUT2D eigenvalue weighted by atomic mass is 16.2. The second-order valence-corrected chi connectivity index (χ2v) is 2.89. The molecule has 0 bridgehead atoms. The molecule has 0 saturated carbocycles. The average Bonchev–Trinajstić information content (AvgIpc) is 2.15. The number of Topliss-reactive ketones (excluding diaryl/α,β-unsaturated/α-hetero) is 1. The maximum atomic E-state index is 11.0. The van der Waals surface area contributed by atoms with Crippen LogP contribution < -0.4 is 5.32 Å². The normalized spacial score (nSPS) is 31.9. The number of carbonyl (C=O) groups excluding carboxylic acids is 2. The van der Waals surface area contributed by atoms with Crippen LogP contribution in [0.4, 0.5) is 0 Å². The fourth-order valence-electron chi connectivity index (χ4n) is 1.07. The van der Waals surface area contributed by atoms with E-state index in [9.17, 15) is 9.59 Å². The van der Waals surface area contributed by atoms with Crippen molar-refractivity contribution in [1.29, 1.82) is 0 Å². The fraction of sp³-hybridized carbons (Fsp3) is 0.667. The van der Waals surface area contributed by atoms with Gasteiger partial charge in [0.2, 0.25) is 5.91 Å². The Morgan fingerprint density at radius 1 is 1.80 bits per heavy atom. The summed E-state index contributed by atoms with van der Waals surface area (Å²) in [6.45, 7) is 2.10. The molecule has 1 N–H and O–H groups in total. The van der Waals surface area contributed by atoms with Gasteiger partial charge in [-0.05, 0) is 13.3 Å². The molecule has 1 heterocycles. The molecule has 1 aliphatic heterocycles. The number of amides is 1. The van der Waals surface area contributed by atoms with Crippen LogP contribution in [0, 0.1) is 0 Å². The lowest BCUT2D eigenvalue weighted by molar-refractivity contribution is -0.129. The van der Waals surface area contributed by atoms with Crippen LogP contribution in [0.5, 0.6) is 0 Å². The standard InChI is InChI=1S/C6H10BNO2/c1-4(9)6(7)2-3-8-5(6)10/h2-3,7H2,1H3,(H,8,10). The summed E-state index contributed by atoms with van der Waals surface area (Å²) in [7, 11) is 1.69. The molecule has 54 valence electrons. The van der Waals surface area contributed by atoms with E-state index in [1.54, 1.807) is 7.85 Å². The van der Waals surface area contributed by atoms with E-state index >= 15 is 0 Å². The van der Waals surface area contributed by atoms with Crippen LogP contribution in [-0.2, 0) is 9.59 Å². The third kappa shape index (κ3) is 0.837. The molecule has 0 aromatic carbocycles. The molecule has 0 aromatic rings. The summed E-state index contributed by atoms with van der Waals surface area (Å²) in [5.41, 5.74) is 0. The molecule has 4 heteroatoms. The van der Waals surface area contributed by atoms with Crippen LogP contribution in [0.25, 0.3) is 0 Å². The number of carbonyl (C=O) groups is 2. The zero-order valence-electron chi connectivity index (χ0n) is 6.23. The first-order valence-electron chi connectivity index (χ1n) is 3.37. The highest BCUT2D eigenvalue weighted by molar-refractivity contribution is 6.41. The van der Waals surface area contributed by atoms with E-state index in [1.165, 1.54) is 6.92 Å². The van der Waals surface area contributed by atoms with E-state index in [1.807, 2.05) is 0 Å². The summed E-state index contributed by atoms with van der Waals surface area (Å²) in [6.07, 6.45) is 0.640. The molecule has 1 fully saturated rings. The topological polar surface area (TPSA) is 46.2 Å². The Morgan fingerprint density at radius 2 is 2.40 bits per heavy atom. The number of ketones is 1. The zero-order valence-corrected chi connectivity index (χ0v) is 6.23. The highest BCUT2D eigenvalue weighted by Gasteiger charge is 2.41. The van der Waals surface area contributed by atoms with Gasteiger partial charge in [0.05, 0.1) is 5.31 Å². The quantitative estimate of drug-likeness (QED) is 0.369. The zero-order chi connectivity index (χ0) is 7.78. The molecule has 1 unspecified atom stereocenters. The smallest absolute Gasteiger partial charge is 0.225 e. The minimum Gasteiger partial charge on any atom is -0.356 e. The van der Waals surface area contributed by atoms with Gasteiger partial charge in [0.25, 0.3) is 0 Å². The van der Waals surface area contributed by atoms with E-state index < -0.39 is 5.31 Å². The van der Waals surface area contributed by atoms with Crippen LogP contribution >= 0.6 is 0 Å². The van der Waals surface area contributed by atoms with Gasteiger partial charge in [-0.1, -0.05) is 0 Å². The largest absolute Gasteiger partial charge is 0.356 e. The molecule has 1 rings (SSSR count). The summed E-state index contributed by atoms with van der Waals surface area (Å²) < 4.78 is 0. The summed E-state index contributed by atoms with van der Waals surface area (Å²) in [4.78, 5) is 21.9. The van der Waals surface area contributed by atoms with Gasteiger partial charge in [-0.2, -0.15) is 0 Å². The molecule has 0 radical (unpaired) electrons. The molecule has 0 aromatic heterocycles. The minimum atomic E-state index is -0.736. The second kappa shape index (κ2) is 2.11. The van der Waals surface area contributed by atoms with E-state index in [2.05, 4.69) is 5.32 Å². The Hall–Kier alpha value is -0.795.